The van der Waals surface area contributed by atoms with E-state index in [-0.39, 0.29) is 12.4 Å². The van der Waals surface area contributed by atoms with Crippen LogP contribution in [0.3, 0.4) is 0 Å². The number of β-amino-alcohol motifs (C(OH)–C–C–N with tert-alkyl or cyclic N) is 1. The Morgan fingerprint density at radius 2 is 2.40 bits per heavy atom. The summed E-state index contributed by atoms with van der Waals surface area (Å²) in [5, 5.41) is 17.5. The molecule has 0 radical (unpaired) electrons. The van der Waals surface area contributed by atoms with Gasteiger partial charge in [0.1, 0.15) is 0 Å². The highest BCUT2D eigenvalue weighted by Gasteiger charge is 2.29. The summed E-state index contributed by atoms with van der Waals surface area (Å²) in [6, 6.07) is 0. The van der Waals surface area contributed by atoms with Gasteiger partial charge in [0.15, 0.2) is 12.0 Å². The minimum absolute atomic E-state index is 0.00958. The van der Waals surface area contributed by atoms with Crippen molar-refractivity contribution < 1.29 is 15.0 Å². The van der Waals surface area contributed by atoms with E-state index in [0.29, 0.717) is 19.5 Å². The fraction of sp³-hybridized carbons (Fsp3) is 0.833. The van der Waals surface area contributed by atoms with Gasteiger partial charge in [0, 0.05) is 19.5 Å². The van der Waals surface area contributed by atoms with Crippen molar-refractivity contribution in [3.8, 4) is 0 Å². The number of hydrogen-bond acceptors (Lipinski definition) is 4. The zero-order valence-electron chi connectivity index (χ0n) is 5.66. The number of rotatable bonds is 2. The molecular formula is C6H11NO3. The number of hydrogen-bond donors (Lipinski definition) is 2. The molecule has 10 heavy (non-hydrogen) atoms. The molecule has 1 fully saturated rings. The third-order valence-corrected chi connectivity index (χ3v) is 1.67. The molecule has 1 unspecified atom stereocenters. The van der Waals surface area contributed by atoms with Crippen molar-refractivity contribution in [3.63, 3.8) is 0 Å². The molecule has 0 aliphatic carbocycles. The number of carbonyl (C=O) groups is 1. The second-order valence-electron chi connectivity index (χ2n) is 2.35. The lowest BCUT2D eigenvalue weighted by Crippen LogP contribution is -2.34. The highest BCUT2D eigenvalue weighted by atomic mass is 16.3. The van der Waals surface area contributed by atoms with Crippen LogP contribution in [0, 0.1) is 0 Å². The monoisotopic (exact) mass is 145 g/mol. The lowest BCUT2D eigenvalue weighted by molar-refractivity contribution is -0.129. The van der Waals surface area contributed by atoms with E-state index in [4.69, 9.17) is 10.2 Å². The second kappa shape index (κ2) is 3.09. The van der Waals surface area contributed by atoms with Gasteiger partial charge < -0.3 is 10.2 Å². The molecule has 1 rings (SSSR count). The van der Waals surface area contributed by atoms with Crippen LogP contribution < -0.4 is 0 Å². The lowest BCUT2D eigenvalue weighted by Gasteiger charge is -2.16. The Hall–Kier alpha value is -0.450. The van der Waals surface area contributed by atoms with Crippen molar-refractivity contribution in [2.24, 2.45) is 0 Å². The minimum Gasteiger partial charge on any atom is -0.395 e. The number of aliphatic hydroxyl groups excluding tert-OH is 2. The van der Waals surface area contributed by atoms with Gasteiger partial charge >= 0.3 is 0 Å². The molecule has 0 aromatic heterocycles. The first-order chi connectivity index (χ1) is 4.75. The fourth-order valence-corrected chi connectivity index (χ4v) is 1.07. The summed E-state index contributed by atoms with van der Waals surface area (Å²) in [6.07, 6.45) is -0.562. The third kappa shape index (κ3) is 1.34. The first-order valence-corrected chi connectivity index (χ1v) is 3.31. The molecule has 0 bridgehead atoms. The Kier molecular flexibility index (Phi) is 2.37. The Labute approximate surface area is 59.1 Å². The van der Waals surface area contributed by atoms with Gasteiger partial charge in [-0.05, 0) is 0 Å². The van der Waals surface area contributed by atoms with Crippen LogP contribution in [0.15, 0.2) is 0 Å². The van der Waals surface area contributed by atoms with Gasteiger partial charge in [0.2, 0.25) is 0 Å². The van der Waals surface area contributed by atoms with Crippen LogP contribution in [0.25, 0.3) is 0 Å². The van der Waals surface area contributed by atoms with E-state index >= 15 is 0 Å². The Bertz CT molecular complexity index is 137. The average molecular weight is 145 g/mol. The average Bonchev–Trinajstić information content (AvgIpc) is 2.20. The predicted molar refractivity (Wildman–Crippen MR) is 34.3 cm³/mol. The van der Waals surface area contributed by atoms with Crippen LogP contribution in [0.2, 0.25) is 0 Å². The fourth-order valence-electron chi connectivity index (χ4n) is 1.07. The first kappa shape index (κ1) is 7.65. The summed E-state index contributed by atoms with van der Waals surface area (Å²) in [6.45, 7) is 0.942. The van der Waals surface area contributed by atoms with E-state index < -0.39 is 6.23 Å². The van der Waals surface area contributed by atoms with Gasteiger partial charge in [-0.1, -0.05) is 0 Å². The summed E-state index contributed by atoms with van der Waals surface area (Å²) in [7, 11) is 0. The number of likely N-dealkylation sites (tertiary alicyclic amines) is 1. The van der Waals surface area contributed by atoms with Gasteiger partial charge in [-0.25, -0.2) is 0 Å². The largest absolute Gasteiger partial charge is 0.395 e. The van der Waals surface area contributed by atoms with E-state index in [0.717, 1.165) is 0 Å². The van der Waals surface area contributed by atoms with E-state index in [1.165, 1.54) is 0 Å². The predicted octanol–water partition coefficient (Wildman–Crippen LogP) is -1.43. The molecule has 1 saturated heterocycles. The quantitative estimate of drug-likeness (QED) is 0.500. The first-order valence-electron chi connectivity index (χ1n) is 3.31. The van der Waals surface area contributed by atoms with Crippen molar-refractivity contribution in [2.45, 2.75) is 12.6 Å². The molecule has 0 amide bonds. The van der Waals surface area contributed by atoms with Gasteiger partial charge in [0.05, 0.1) is 6.61 Å². The highest BCUT2D eigenvalue weighted by Crippen LogP contribution is 2.09. The standard InChI is InChI=1S/C6H11NO3/c8-4-3-7-2-1-5(9)6(7)10/h6,8,10H,1-4H2. The molecule has 1 aliphatic heterocycles. The number of nitrogens with zero attached hydrogens (tertiary/aromatic N) is 1. The number of aliphatic hydroxyl groups is 2. The minimum atomic E-state index is -0.966. The molecule has 2 N–H and O–H groups in total. The van der Waals surface area contributed by atoms with E-state index in [1.807, 2.05) is 0 Å². The van der Waals surface area contributed by atoms with Crippen molar-refractivity contribution in [1.29, 1.82) is 0 Å². The van der Waals surface area contributed by atoms with Crippen LogP contribution in [-0.4, -0.2) is 46.8 Å². The van der Waals surface area contributed by atoms with Gasteiger partial charge in [-0.3, -0.25) is 9.69 Å². The van der Waals surface area contributed by atoms with Crippen LogP contribution in [0.4, 0.5) is 0 Å². The molecule has 1 heterocycles. The van der Waals surface area contributed by atoms with Crippen LogP contribution in [0.1, 0.15) is 6.42 Å². The SMILES string of the molecule is O=C1CCN(CCO)C1O. The Morgan fingerprint density at radius 3 is 2.80 bits per heavy atom. The molecule has 0 aromatic carbocycles. The van der Waals surface area contributed by atoms with E-state index in [9.17, 15) is 4.79 Å². The molecule has 4 nitrogen and oxygen atoms in total. The molecule has 0 spiro atoms. The lowest BCUT2D eigenvalue weighted by atomic mass is 10.3. The summed E-state index contributed by atoms with van der Waals surface area (Å²) < 4.78 is 0. The molecule has 58 valence electrons. The van der Waals surface area contributed by atoms with Crippen molar-refractivity contribution in [1.82, 2.24) is 4.90 Å². The number of ketones is 1. The maximum Gasteiger partial charge on any atom is 0.177 e. The van der Waals surface area contributed by atoms with Crippen LogP contribution in [0.5, 0.6) is 0 Å². The molecule has 4 heteroatoms. The topological polar surface area (TPSA) is 60.8 Å². The maximum atomic E-state index is 10.7. The molecule has 1 atom stereocenters. The van der Waals surface area contributed by atoms with Gasteiger partial charge in [-0.15, -0.1) is 0 Å². The number of Topliss-reactive ketones (excluding diaryl/α,β-unsaturated/α-hetero) is 1. The summed E-state index contributed by atoms with van der Waals surface area (Å²) in [5.74, 6) is -0.145. The Morgan fingerprint density at radius 1 is 1.70 bits per heavy atom. The normalized spacial score (nSPS) is 27.8. The summed E-state index contributed by atoms with van der Waals surface area (Å²) >= 11 is 0. The van der Waals surface area contributed by atoms with Gasteiger partial charge in [0.25, 0.3) is 0 Å². The summed E-state index contributed by atoms with van der Waals surface area (Å²) in [4.78, 5) is 12.2. The highest BCUT2D eigenvalue weighted by molar-refractivity contribution is 5.84. The summed E-state index contributed by atoms with van der Waals surface area (Å²) in [5.41, 5.74) is 0. The van der Waals surface area contributed by atoms with Crippen LogP contribution >= 0.6 is 0 Å². The van der Waals surface area contributed by atoms with Crippen molar-refractivity contribution >= 4 is 5.78 Å². The smallest absolute Gasteiger partial charge is 0.177 e. The molecule has 0 aromatic rings. The Balaban J connectivity index is 2.41. The maximum absolute atomic E-state index is 10.7. The van der Waals surface area contributed by atoms with Crippen LogP contribution in [-0.2, 0) is 4.79 Å². The third-order valence-electron chi connectivity index (χ3n) is 1.67. The number of carbonyl (C=O) groups excluding carboxylic acids is 1. The van der Waals surface area contributed by atoms with Crippen molar-refractivity contribution in [3.05, 3.63) is 0 Å². The van der Waals surface area contributed by atoms with Crippen molar-refractivity contribution in [2.75, 3.05) is 19.7 Å². The van der Waals surface area contributed by atoms with E-state index in [1.54, 1.807) is 4.90 Å². The molecule has 1 aliphatic rings. The molecule has 0 saturated carbocycles. The zero-order chi connectivity index (χ0) is 7.56. The second-order valence-corrected chi connectivity index (χ2v) is 2.35. The van der Waals surface area contributed by atoms with Gasteiger partial charge in [-0.2, -0.15) is 0 Å². The van der Waals surface area contributed by atoms with E-state index in [2.05, 4.69) is 0 Å². The zero-order valence-corrected chi connectivity index (χ0v) is 5.66. The molecular weight excluding hydrogens is 134 g/mol.